The Balaban J connectivity index is 0.000000687. The lowest BCUT2D eigenvalue weighted by Gasteiger charge is -2.04. The number of fused-ring (bicyclic) bond motifs is 1. The molecule has 0 spiro atoms. The number of rotatable bonds is 3. The Bertz CT molecular complexity index is 1300. The van der Waals surface area contributed by atoms with Crippen molar-refractivity contribution in [1.82, 2.24) is 4.98 Å². The maximum Gasteiger partial charge on any atom is 0.373 e. The lowest BCUT2D eigenvalue weighted by atomic mass is 10.0. The van der Waals surface area contributed by atoms with Crippen LogP contribution in [0.2, 0.25) is 0 Å². The molecule has 2 aromatic heterocycles. The fraction of sp³-hybridized carbons (Fsp3) is 0. The van der Waals surface area contributed by atoms with Gasteiger partial charge in [-0.3, -0.25) is 0 Å². The normalized spacial score (nSPS) is 10.3. The first kappa shape index (κ1) is 19.9. The molecule has 3 nitrogen and oxygen atoms in total. The van der Waals surface area contributed by atoms with E-state index in [0.29, 0.717) is 0 Å². The quantitative estimate of drug-likeness (QED) is 0.312. The minimum Gasteiger partial charge on any atom is -0.235 e. The van der Waals surface area contributed by atoms with Crippen LogP contribution in [0.15, 0.2) is 84.2 Å². The van der Waals surface area contributed by atoms with E-state index in [-0.39, 0.29) is 12.0 Å². The zero-order valence-corrected chi connectivity index (χ0v) is 17.2. The molecule has 0 unspecified atom stereocenters. The van der Waals surface area contributed by atoms with Gasteiger partial charge in [0.1, 0.15) is 10.8 Å². The molecular weight excluding hydrogens is 417 g/mol. The topological polar surface area (TPSA) is 47.0 Å². The zero-order chi connectivity index (χ0) is 20.9. The molecule has 0 amide bonds. The Hall–Kier alpha value is -3.44. The van der Waals surface area contributed by atoms with E-state index in [2.05, 4.69) is 47.8 Å². The van der Waals surface area contributed by atoms with Crippen LogP contribution in [-0.4, -0.2) is 11.1 Å². The number of carbonyl (C=O) groups excluding carboxylic acids is 2. The van der Waals surface area contributed by atoms with Gasteiger partial charge in [0.25, 0.3) is 0 Å². The van der Waals surface area contributed by atoms with Crippen LogP contribution in [-0.2, 0) is 9.59 Å². The molecule has 5 rings (SSSR count). The van der Waals surface area contributed by atoms with Gasteiger partial charge >= 0.3 is 6.15 Å². The van der Waals surface area contributed by atoms with Crippen LogP contribution in [0.5, 0.6) is 0 Å². The van der Waals surface area contributed by atoms with E-state index in [1.165, 1.54) is 27.1 Å². The largest absolute Gasteiger partial charge is 0.373 e. The summed E-state index contributed by atoms with van der Waals surface area (Å²) in [5, 5.41) is 4.40. The van der Waals surface area contributed by atoms with E-state index in [9.17, 15) is 4.39 Å². The molecule has 0 aliphatic carbocycles. The molecule has 6 heteroatoms. The summed E-state index contributed by atoms with van der Waals surface area (Å²) in [7, 11) is 0. The summed E-state index contributed by atoms with van der Waals surface area (Å²) in [6.07, 6.45) is 0.250. The van der Waals surface area contributed by atoms with Gasteiger partial charge in [-0.05, 0) is 46.8 Å². The fourth-order valence-electron chi connectivity index (χ4n) is 3.11. The van der Waals surface area contributed by atoms with Crippen molar-refractivity contribution in [2.75, 3.05) is 0 Å². The maximum atomic E-state index is 13.2. The molecule has 2 heterocycles. The molecule has 3 aromatic carbocycles. The number of aromatic nitrogens is 1. The van der Waals surface area contributed by atoms with Crippen molar-refractivity contribution in [2.24, 2.45) is 0 Å². The molecule has 0 aliphatic heterocycles. The first-order valence-electron chi connectivity index (χ1n) is 8.98. The van der Waals surface area contributed by atoms with Crippen molar-refractivity contribution in [1.29, 1.82) is 0 Å². The minimum absolute atomic E-state index is 0.220. The van der Waals surface area contributed by atoms with E-state index >= 15 is 0 Å². The predicted octanol–water partition coefficient (Wildman–Crippen LogP) is 6.91. The van der Waals surface area contributed by atoms with Crippen LogP contribution in [0, 0.1) is 5.82 Å². The summed E-state index contributed by atoms with van der Waals surface area (Å²) in [5.41, 5.74) is 4.10. The third-order valence-electron chi connectivity index (χ3n) is 4.48. The van der Waals surface area contributed by atoms with Gasteiger partial charge < -0.3 is 0 Å². The molecule has 5 aromatic rings. The summed E-state index contributed by atoms with van der Waals surface area (Å²) in [5.74, 6) is -0.220. The van der Waals surface area contributed by atoms with Crippen LogP contribution in [0.1, 0.15) is 0 Å². The Morgan fingerprint density at radius 1 is 0.800 bits per heavy atom. The highest BCUT2D eigenvalue weighted by Crippen LogP contribution is 2.37. The predicted molar refractivity (Wildman–Crippen MR) is 119 cm³/mol. The molecule has 0 saturated carbocycles. The third kappa shape index (κ3) is 4.26. The molecular formula is C24H14FNO2S2. The van der Waals surface area contributed by atoms with Crippen molar-refractivity contribution in [3.8, 4) is 32.3 Å². The van der Waals surface area contributed by atoms with Gasteiger partial charge in [0.2, 0.25) is 0 Å². The van der Waals surface area contributed by atoms with Crippen molar-refractivity contribution >= 4 is 38.9 Å². The molecule has 30 heavy (non-hydrogen) atoms. The Morgan fingerprint density at radius 2 is 1.53 bits per heavy atom. The number of benzene rings is 3. The van der Waals surface area contributed by atoms with Gasteiger partial charge in [0, 0.05) is 15.6 Å². The smallest absolute Gasteiger partial charge is 0.235 e. The molecule has 0 atom stereocenters. The highest BCUT2D eigenvalue weighted by atomic mass is 32.1. The van der Waals surface area contributed by atoms with Crippen molar-refractivity contribution < 1.29 is 14.0 Å². The molecule has 0 N–H and O–H groups in total. The van der Waals surface area contributed by atoms with Crippen LogP contribution in [0.4, 0.5) is 4.39 Å². The molecule has 0 aliphatic rings. The van der Waals surface area contributed by atoms with E-state index < -0.39 is 0 Å². The lowest BCUT2D eigenvalue weighted by molar-refractivity contribution is -0.191. The minimum atomic E-state index is -0.220. The third-order valence-corrected chi connectivity index (χ3v) is 6.60. The maximum absolute atomic E-state index is 13.2. The van der Waals surface area contributed by atoms with Gasteiger partial charge in [0.15, 0.2) is 0 Å². The molecule has 0 fully saturated rings. The van der Waals surface area contributed by atoms with Gasteiger partial charge in [-0.15, -0.1) is 22.7 Å². The highest BCUT2D eigenvalue weighted by Gasteiger charge is 2.10. The molecule has 0 radical (unpaired) electrons. The SMILES string of the molecule is Fc1ccc(-c2cccc(-c3csc(-c4cc5ccccc5s4)n3)c2)cc1.O=C=O. The Labute approximate surface area is 180 Å². The second-order valence-electron chi connectivity index (χ2n) is 6.36. The molecule has 146 valence electrons. The van der Waals surface area contributed by atoms with Gasteiger partial charge in [-0.25, -0.2) is 9.37 Å². The van der Waals surface area contributed by atoms with Crippen LogP contribution < -0.4 is 0 Å². The first-order valence-corrected chi connectivity index (χ1v) is 10.7. The van der Waals surface area contributed by atoms with E-state index in [1.807, 2.05) is 12.1 Å². The van der Waals surface area contributed by atoms with Gasteiger partial charge in [-0.1, -0.05) is 48.5 Å². The monoisotopic (exact) mass is 431 g/mol. The number of thiazole rings is 1. The number of hydrogen-bond acceptors (Lipinski definition) is 5. The van der Waals surface area contributed by atoms with E-state index in [4.69, 9.17) is 14.6 Å². The second kappa shape index (κ2) is 8.93. The van der Waals surface area contributed by atoms with Crippen molar-refractivity contribution in [3.63, 3.8) is 0 Å². The standard InChI is InChI=1S/C23H14FNS2.CO2/c24-19-10-8-15(9-11-19)16-5-3-6-17(12-16)20-14-26-23(25-20)22-13-18-4-1-2-7-21(18)27-22;2-1-3/h1-14H;. The Morgan fingerprint density at radius 3 is 2.30 bits per heavy atom. The fourth-order valence-corrected chi connectivity index (χ4v) is 5.06. The van der Waals surface area contributed by atoms with Crippen LogP contribution in [0.3, 0.4) is 0 Å². The number of nitrogens with zero attached hydrogens (tertiary/aromatic N) is 1. The summed E-state index contributed by atoms with van der Waals surface area (Å²) in [4.78, 5) is 22.3. The Kier molecular flexibility index (Phi) is 5.91. The highest BCUT2D eigenvalue weighted by molar-refractivity contribution is 7.25. The van der Waals surface area contributed by atoms with Gasteiger partial charge in [0.05, 0.1) is 10.6 Å². The van der Waals surface area contributed by atoms with Gasteiger partial charge in [-0.2, -0.15) is 9.59 Å². The first-order chi connectivity index (χ1) is 14.7. The summed E-state index contributed by atoms with van der Waals surface area (Å²) >= 11 is 3.44. The summed E-state index contributed by atoms with van der Waals surface area (Å²) in [6.45, 7) is 0. The van der Waals surface area contributed by atoms with Crippen molar-refractivity contribution in [3.05, 3.63) is 90.1 Å². The number of halogens is 1. The molecule has 0 bridgehead atoms. The van der Waals surface area contributed by atoms with Crippen LogP contribution >= 0.6 is 22.7 Å². The average Bonchev–Trinajstić information content (AvgIpc) is 3.42. The van der Waals surface area contributed by atoms with Crippen LogP contribution in [0.25, 0.3) is 42.4 Å². The van der Waals surface area contributed by atoms with Crippen molar-refractivity contribution in [2.45, 2.75) is 0 Å². The molecule has 0 saturated heterocycles. The summed E-state index contributed by atoms with van der Waals surface area (Å²) in [6, 6.07) is 25.4. The summed E-state index contributed by atoms with van der Waals surface area (Å²) < 4.78 is 14.5. The van der Waals surface area contributed by atoms with E-state index in [1.54, 1.807) is 34.8 Å². The zero-order valence-electron chi connectivity index (χ0n) is 15.5. The number of hydrogen-bond donors (Lipinski definition) is 0. The lowest BCUT2D eigenvalue weighted by Crippen LogP contribution is -1.82. The average molecular weight is 432 g/mol. The van der Waals surface area contributed by atoms with E-state index in [0.717, 1.165) is 27.4 Å². The second-order valence-corrected chi connectivity index (χ2v) is 8.30. The number of thiophene rings is 1.